The molecule has 0 bridgehead atoms. The highest BCUT2D eigenvalue weighted by Gasteiger charge is 2.14. The zero-order chi connectivity index (χ0) is 17.3. The highest BCUT2D eigenvalue weighted by atomic mass is 32.1. The molecule has 136 valence electrons. The number of hydrogen-bond donors (Lipinski definition) is 2. The van der Waals surface area contributed by atoms with Gasteiger partial charge in [-0.1, -0.05) is 26.2 Å². The standard InChI is InChI=1S/C19H28N4OS/c1-2-17-13-21-18(25-17)14-22-19(23-15-7-4-3-5-8-15)20-11-10-16-9-6-12-24-16/h6,9,12-13,15H,2-5,7-8,10-11,14H2,1H3,(H2,20,22,23). The van der Waals surface area contributed by atoms with Gasteiger partial charge in [-0.2, -0.15) is 0 Å². The first-order valence-corrected chi connectivity index (χ1v) is 10.2. The van der Waals surface area contributed by atoms with Crippen molar-refractivity contribution in [2.75, 3.05) is 6.54 Å². The van der Waals surface area contributed by atoms with Crippen molar-refractivity contribution in [1.82, 2.24) is 15.6 Å². The lowest BCUT2D eigenvalue weighted by atomic mass is 9.96. The summed E-state index contributed by atoms with van der Waals surface area (Å²) in [6.45, 7) is 3.60. The van der Waals surface area contributed by atoms with Gasteiger partial charge >= 0.3 is 0 Å². The molecule has 1 aliphatic carbocycles. The van der Waals surface area contributed by atoms with Gasteiger partial charge in [-0.15, -0.1) is 11.3 Å². The molecule has 2 N–H and O–H groups in total. The van der Waals surface area contributed by atoms with Crippen LogP contribution in [-0.2, 0) is 19.4 Å². The van der Waals surface area contributed by atoms with Crippen molar-refractivity contribution < 1.29 is 4.42 Å². The Kier molecular flexibility index (Phi) is 6.91. The van der Waals surface area contributed by atoms with E-state index in [1.54, 1.807) is 17.6 Å². The summed E-state index contributed by atoms with van der Waals surface area (Å²) < 4.78 is 5.40. The molecule has 1 fully saturated rings. The normalized spacial score (nSPS) is 16.1. The van der Waals surface area contributed by atoms with Gasteiger partial charge in [0.25, 0.3) is 0 Å². The number of aryl methyl sites for hydroxylation is 1. The lowest BCUT2D eigenvalue weighted by molar-refractivity contribution is 0.409. The second kappa shape index (κ2) is 9.61. The van der Waals surface area contributed by atoms with Crippen LogP contribution >= 0.6 is 11.3 Å². The monoisotopic (exact) mass is 360 g/mol. The first-order valence-electron chi connectivity index (χ1n) is 9.34. The largest absolute Gasteiger partial charge is 0.469 e. The number of nitrogens with zero attached hydrogens (tertiary/aromatic N) is 2. The van der Waals surface area contributed by atoms with Crippen LogP contribution in [0.2, 0.25) is 0 Å². The van der Waals surface area contributed by atoms with Gasteiger partial charge in [0.2, 0.25) is 0 Å². The molecule has 2 heterocycles. The molecule has 5 nitrogen and oxygen atoms in total. The fourth-order valence-electron chi connectivity index (χ4n) is 3.08. The topological polar surface area (TPSA) is 62.5 Å². The molecule has 0 unspecified atom stereocenters. The van der Waals surface area contributed by atoms with E-state index in [0.717, 1.165) is 36.1 Å². The Morgan fingerprint density at radius 3 is 2.96 bits per heavy atom. The number of hydrogen-bond acceptors (Lipinski definition) is 4. The summed E-state index contributed by atoms with van der Waals surface area (Å²) in [5.41, 5.74) is 0. The molecule has 0 radical (unpaired) electrons. The van der Waals surface area contributed by atoms with Gasteiger partial charge in [0, 0.05) is 30.1 Å². The van der Waals surface area contributed by atoms with Crippen LogP contribution in [0.3, 0.4) is 0 Å². The molecule has 1 aliphatic rings. The van der Waals surface area contributed by atoms with Crippen LogP contribution in [0, 0.1) is 0 Å². The smallest absolute Gasteiger partial charge is 0.191 e. The zero-order valence-corrected chi connectivity index (χ0v) is 15.8. The molecule has 3 rings (SSSR count). The Balaban J connectivity index is 1.56. The Bertz CT molecular complexity index is 644. The zero-order valence-electron chi connectivity index (χ0n) is 15.0. The van der Waals surface area contributed by atoms with Gasteiger partial charge in [-0.25, -0.2) is 9.98 Å². The Morgan fingerprint density at radius 2 is 2.24 bits per heavy atom. The predicted molar refractivity (Wildman–Crippen MR) is 103 cm³/mol. The van der Waals surface area contributed by atoms with E-state index in [9.17, 15) is 0 Å². The average molecular weight is 361 g/mol. The third kappa shape index (κ3) is 5.88. The lowest BCUT2D eigenvalue weighted by Gasteiger charge is -2.25. The summed E-state index contributed by atoms with van der Waals surface area (Å²) in [6, 6.07) is 4.47. The Labute approximate surface area is 154 Å². The number of furan rings is 1. The van der Waals surface area contributed by atoms with Gasteiger partial charge in [-0.05, 0) is 31.4 Å². The Morgan fingerprint density at radius 1 is 1.36 bits per heavy atom. The molecule has 0 saturated heterocycles. The van der Waals surface area contributed by atoms with E-state index in [2.05, 4.69) is 22.5 Å². The molecule has 0 spiro atoms. The molecule has 0 amide bonds. The fraction of sp³-hybridized carbons (Fsp3) is 0.579. The van der Waals surface area contributed by atoms with Gasteiger partial charge in [0.05, 0.1) is 12.8 Å². The highest BCUT2D eigenvalue weighted by molar-refractivity contribution is 7.11. The van der Waals surface area contributed by atoms with Crippen LogP contribution in [0.5, 0.6) is 0 Å². The number of thiazole rings is 1. The molecule has 2 aromatic rings. The van der Waals surface area contributed by atoms with Gasteiger partial charge in [-0.3, -0.25) is 0 Å². The minimum absolute atomic E-state index is 0.533. The van der Waals surface area contributed by atoms with Crippen molar-refractivity contribution in [2.24, 2.45) is 4.99 Å². The third-order valence-electron chi connectivity index (χ3n) is 4.51. The molecule has 0 aromatic carbocycles. The summed E-state index contributed by atoms with van der Waals surface area (Å²) in [5, 5.41) is 8.14. The first-order chi connectivity index (χ1) is 12.3. The molecule has 6 heteroatoms. The molecule has 0 atom stereocenters. The fourth-order valence-corrected chi connectivity index (χ4v) is 3.87. The molecular formula is C19H28N4OS. The summed E-state index contributed by atoms with van der Waals surface area (Å²) in [4.78, 5) is 10.6. The molecule has 25 heavy (non-hydrogen) atoms. The second-order valence-electron chi connectivity index (χ2n) is 6.47. The number of guanidine groups is 1. The van der Waals surface area contributed by atoms with Gasteiger partial charge in [0.15, 0.2) is 5.96 Å². The first kappa shape index (κ1) is 18.0. The van der Waals surface area contributed by atoms with E-state index in [0.29, 0.717) is 12.6 Å². The van der Waals surface area contributed by atoms with Gasteiger partial charge < -0.3 is 15.1 Å². The van der Waals surface area contributed by atoms with Crippen molar-refractivity contribution >= 4 is 17.3 Å². The third-order valence-corrected chi connectivity index (χ3v) is 5.64. The van der Waals surface area contributed by atoms with E-state index in [-0.39, 0.29) is 0 Å². The van der Waals surface area contributed by atoms with Crippen molar-refractivity contribution in [3.05, 3.63) is 40.2 Å². The van der Waals surface area contributed by atoms with E-state index in [1.807, 2.05) is 18.3 Å². The summed E-state index contributed by atoms with van der Waals surface area (Å²) in [5.74, 6) is 1.89. The van der Waals surface area contributed by atoms with Crippen molar-refractivity contribution in [2.45, 2.75) is 64.5 Å². The molecule has 0 aliphatic heterocycles. The van der Waals surface area contributed by atoms with Crippen molar-refractivity contribution in [1.29, 1.82) is 0 Å². The second-order valence-corrected chi connectivity index (χ2v) is 7.67. The summed E-state index contributed by atoms with van der Waals surface area (Å²) in [7, 11) is 0. The number of aromatic nitrogens is 1. The summed E-state index contributed by atoms with van der Waals surface area (Å²) >= 11 is 1.75. The van der Waals surface area contributed by atoms with Crippen LogP contribution in [-0.4, -0.2) is 23.5 Å². The lowest BCUT2D eigenvalue weighted by Crippen LogP contribution is -2.44. The maximum atomic E-state index is 5.40. The molecule has 1 saturated carbocycles. The molecular weight excluding hydrogens is 332 g/mol. The highest BCUT2D eigenvalue weighted by Crippen LogP contribution is 2.17. The number of rotatable bonds is 7. The van der Waals surface area contributed by atoms with Crippen molar-refractivity contribution in [3.63, 3.8) is 0 Å². The van der Waals surface area contributed by atoms with E-state index in [1.165, 1.54) is 37.0 Å². The SMILES string of the molecule is CCc1cnc(CN=C(NCCc2ccco2)NC2CCCCC2)s1. The number of nitrogens with one attached hydrogen (secondary N) is 2. The minimum Gasteiger partial charge on any atom is -0.469 e. The molecule has 2 aromatic heterocycles. The van der Waals surface area contributed by atoms with Crippen molar-refractivity contribution in [3.8, 4) is 0 Å². The van der Waals surface area contributed by atoms with Crippen LogP contribution in [0.4, 0.5) is 0 Å². The number of aliphatic imine (C=N–C) groups is 1. The maximum absolute atomic E-state index is 5.40. The van der Waals surface area contributed by atoms with E-state index >= 15 is 0 Å². The summed E-state index contributed by atoms with van der Waals surface area (Å²) in [6.07, 6.45) is 12.0. The van der Waals surface area contributed by atoms with Gasteiger partial charge in [0.1, 0.15) is 10.8 Å². The Hall–Kier alpha value is -1.82. The van der Waals surface area contributed by atoms with E-state index < -0.39 is 0 Å². The minimum atomic E-state index is 0.533. The van der Waals surface area contributed by atoms with Crippen LogP contribution < -0.4 is 10.6 Å². The van der Waals surface area contributed by atoms with Crippen LogP contribution in [0.1, 0.15) is 54.7 Å². The van der Waals surface area contributed by atoms with Crippen LogP contribution in [0.15, 0.2) is 34.0 Å². The predicted octanol–water partition coefficient (Wildman–Crippen LogP) is 3.91. The quantitative estimate of drug-likeness (QED) is 0.580. The van der Waals surface area contributed by atoms with E-state index in [4.69, 9.17) is 9.41 Å². The maximum Gasteiger partial charge on any atom is 0.191 e. The van der Waals surface area contributed by atoms with Crippen LogP contribution in [0.25, 0.3) is 0 Å². The average Bonchev–Trinajstić information content (AvgIpc) is 3.32.